The van der Waals surface area contributed by atoms with E-state index < -0.39 is 24.0 Å². The summed E-state index contributed by atoms with van der Waals surface area (Å²) in [4.78, 5) is 28.6. The number of aromatic nitrogens is 4. The van der Waals surface area contributed by atoms with Gasteiger partial charge in [0, 0.05) is 14.1 Å². The average molecular weight is 447 g/mol. The van der Waals surface area contributed by atoms with Crippen molar-refractivity contribution >= 4 is 27.1 Å². The Bertz CT molecular complexity index is 1130. The van der Waals surface area contributed by atoms with E-state index in [-0.39, 0.29) is 17.8 Å². The van der Waals surface area contributed by atoms with Crippen LogP contribution in [0.25, 0.3) is 11.2 Å². The van der Waals surface area contributed by atoms with E-state index in [1.165, 1.54) is 30.8 Å². The standard InChI is InChI=1S/C16H14BrF3N4O3/c1-22-12-11(13(25)23(2)15(22)26)21-14(17)24(12)7-9-4-3-5-10(6-9)27-8-16(18,19)20/h3-6H,7-8H2,1-2H3. The van der Waals surface area contributed by atoms with Gasteiger partial charge < -0.3 is 4.74 Å². The van der Waals surface area contributed by atoms with E-state index in [2.05, 4.69) is 20.9 Å². The molecule has 0 fully saturated rings. The summed E-state index contributed by atoms with van der Waals surface area (Å²) in [7, 11) is 2.87. The summed E-state index contributed by atoms with van der Waals surface area (Å²) in [6.45, 7) is -1.22. The molecule has 0 spiro atoms. The zero-order valence-electron chi connectivity index (χ0n) is 14.2. The third kappa shape index (κ3) is 3.77. The van der Waals surface area contributed by atoms with Crippen LogP contribution in [0, 0.1) is 0 Å². The van der Waals surface area contributed by atoms with Crippen molar-refractivity contribution in [3.05, 3.63) is 55.4 Å². The van der Waals surface area contributed by atoms with E-state index in [0.29, 0.717) is 15.9 Å². The molecule has 3 rings (SSSR count). The highest BCUT2D eigenvalue weighted by Crippen LogP contribution is 2.22. The number of hydrogen-bond acceptors (Lipinski definition) is 4. The summed E-state index contributed by atoms with van der Waals surface area (Å²) in [5.74, 6) is 0.0650. The van der Waals surface area contributed by atoms with Gasteiger partial charge in [0.2, 0.25) is 0 Å². The summed E-state index contributed by atoms with van der Waals surface area (Å²) in [5.41, 5.74) is -0.0199. The second-order valence-electron chi connectivity index (χ2n) is 5.90. The second-order valence-corrected chi connectivity index (χ2v) is 6.61. The van der Waals surface area contributed by atoms with E-state index in [1.807, 2.05) is 0 Å². The SMILES string of the molecule is Cn1c(=O)c2nc(Br)n(Cc3cccc(OCC(F)(F)F)c3)c2n(C)c1=O. The van der Waals surface area contributed by atoms with Crippen LogP contribution < -0.4 is 16.0 Å². The Morgan fingerprint density at radius 1 is 1.19 bits per heavy atom. The van der Waals surface area contributed by atoms with Gasteiger partial charge in [0.05, 0.1) is 6.54 Å². The summed E-state index contributed by atoms with van der Waals surface area (Å²) in [6.07, 6.45) is -4.43. The summed E-state index contributed by atoms with van der Waals surface area (Å²) in [6, 6.07) is 6.13. The van der Waals surface area contributed by atoms with Crippen LogP contribution in [0.1, 0.15) is 5.56 Å². The molecule has 27 heavy (non-hydrogen) atoms. The third-order valence-corrected chi connectivity index (χ3v) is 4.54. The normalized spacial score (nSPS) is 11.9. The maximum atomic E-state index is 12.3. The molecule has 2 heterocycles. The Labute approximate surface area is 158 Å². The van der Waals surface area contributed by atoms with Crippen LogP contribution >= 0.6 is 15.9 Å². The number of imidazole rings is 1. The highest BCUT2D eigenvalue weighted by molar-refractivity contribution is 9.10. The number of hydrogen-bond donors (Lipinski definition) is 0. The molecule has 11 heteroatoms. The van der Waals surface area contributed by atoms with Crippen molar-refractivity contribution in [3.8, 4) is 5.75 Å². The van der Waals surface area contributed by atoms with Gasteiger partial charge in [0.1, 0.15) is 5.75 Å². The fraction of sp³-hybridized carbons (Fsp3) is 0.312. The highest BCUT2D eigenvalue weighted by Gasteiger charge is 2.28. The Balaban J connectivity index is 2.02. The number of benzene rings is 1. The summed E-state index contributed by atoms with van der Waals surface area (Å²) < 4.78 is 45.9. The lowest BCUT2D eigenvalue weighted by molar-refractivity contribution is -0.153. The fourth-order valence-corrected chi connectivity index (χ4v) is 3.15. The lowest BCUT2D eigenvalue weighted by Gasteiger charge is -2.12. The van der Waals surface area contributed by atoms with Gasteiger partial charge >= 0.3 is 11.9 Å². The van der Waals surface area contributed by atoms with Crippen molar-refractivity contribution in [1.82, 2.24) is 18.7 Å². The fourth-order valence-electron chi connectivity index (χ4n) is 2.68. The van der Waals surface area contributed by atoms with Crippen LogP contribution in [-0.4, -0.2) is 31.5 Å². The zero-order chi connectivity index (χ0) is 19.9. The Hall–Kier alpha value is -2.56. The Morgan fingerprint density at radius 2 is 1.89 bits per heavy atom. The molecule has 0 aliphatic carbocycles. The van der Waals surface area contributed by atoms with Gasteiger partial charge in [-0.25, -0.2) is 9.78 Å². The number of alkyl halides is 3. The van der Waals surface area contributed by atoms with Crippen molar-refractivity contribution in [2.75, 3.05) is 6.61 Å². The van der Waals surface area contributed by atoms with Crippen molar-refractivity contribution in [3.63, 3.8) is 0 Å². The number of nitrogens with zero attached hydrogens (tertiary/aromatic N) is 4. The minimum Gasteiger partial charge on any atom is -0.484 e. The molecule has 0 aliphatic rings. The van der Waals surface area contributed by atoms with Crippen molar-refractivity contribution in [1.29, 1.82) is 0 Å². The van der Waals surface area contributed by atoms with Gasteiger partial charge in [-0.1, -0.05) is 12.1 Å². The molecular weight excluding hydrogens is 433 g/mol. The molecule has 0 unspecified atom stereocenters. The highest BCUT2D eigenvalue weighted by atomic mass is 79.9. The van der Waals surface area contributed by atoms with Crippen molar-refractivity contribution in [2.24, 2.45) is 14.1 Å². The molecule has 0 saturated heterocycles. The van der Waals surface area contributed by atoms with Crippen LogP contribution in [0.4, 0.5) is 13.2 Å². The van der Waals surface area contributed by atoms with Crippen LogP contribution in [0.3, 0.4) is 0 Å². The van der Waals surface area contributed by atoms with E-state index >= 15 is 0 Å². The van der Waals surface area contributed by atoms with E-state index in [4.69, 9.17) is 4.74 Å². The van der Waals surface area contributed by atoms with Gasteiger partial charge in [0.15, 0.2) is 22.5 Å². The van der Waals surface area contributed by atoms with E-state index in [9.17, 15) is 22.8 Å². The molecular formula is C16H14BrF3N4O3. The minimum absolute atomic E-state index is 0.0650. The quantitative estimate of drug-likeness (QED) is 0.576. The molecule has 0 saturated carbocycles. The van der Waals surface area contributed by atoms with Crippen LogP contribution in [0.15, 0.2) is 38.6 Å². The zero-order valence-corrected chi connectivity index (χ0v) is 15.8. The largest absolute Gasteiger partial charge is 0.484 e. The van der Waals surface area contributed by atoms with Gasteiger partial charge in [-0.2, -0.15) is 13.2 Å². The maximum absolute atomic E-state index is 12.3. The first-order valence-corrected chi connectivity index (χ1v) is 8.48. The molecule has 0 radical (unpaired) electrons. The number of halogens is 4. The van der Waals surface area contributed by atoms with Crippen LogP contribution in [0.5, 0.6) is 5.75 Å². The summed E-state index contributed by atoms with van der Waals surface area (Å²) in [5, 5.41) is 0. The monoisotopic (exact) mass is 446 g/mol. The number of aryl methyl sites for hydroxylation is 1. The molecule has 0 aliphatic heterocycles. The van der Waals surface area contributed by atoms with Crippen molar-refractivity contribution < 1.29 is 17.9 Å². The number of ether oxygens (including phenoxy) is 1. The van der Waals surface area contributed by atoms with Crippen molar-refractivity contribution in [2.45, 2.75) is 12.7 Å². The van der Waals surface area contributed by atoms with E-state index in [0.717, 1.165) is 4.57 Å². The van der Waals surface area contributed by atoms with Gasteiger partial charge in [-0.05, 0) is 33.6 Å². The first-order valence-electron chi connectivity index (χ1n) is 7.68. The maximum Gasteiger partial charge on any atom is 0.422 e. The molecule has 3 aromatic rings. The molecule has 2 aromatic heterocycles. The lowest BCUT2D eigenvalue weighted by atomic mass is 10.2. The lowest BCUT2D eigenvalue weighted by Crippen LogP contribution is -2.37. The average Bonchev–Trinajstić information content (AvgIpc) is 2.93. The van der Waals surface area contributed by atoms with Gasteiger partial charge in [-0.3, -0.25) is 18.5 Å². The predicted octanol–water partition coefficient (Wildman–Crippen LogP) is 2.19. The Kier molecular flexibility index (Phi) is 4.89. The molecule has 0 bridgehead atoms. The summed E-state index contributed by atoms with van der Waals surface area (Å²) >= 11 is 3.27. The topological polar surface area (TPSA) is 71.0 Å². The van der Waals surface area contributed by atoms with Gasteiger partial charge in [-0.15, -0.1) is 0 Å². The molecule has 0 atom stereocenters. The van der Waals surface area contributed by atoms with Gasteiger partial charge in [0.25, 0.3) is 5.56 Å². The number of fused-ring (bicyclic) bond motifs is 1. The third-order valence-electron chi connectivity index (χ3n) is 3.93. The number of rotatable bonds is 4. The second kappa shape index (κ2) is 6.87. The van der Waals surface area contributed by atoms with Crippen LogP contribution in [-0.2, 0) is 20.6 Å². The molecule has 0 N–H and O–H groups in total. The molecule has 144 valence electrons. The minimum atomic E-state index is -4.43. The first-order chi connectivity index (χ1) is 12.6. The first kappa shape index (κ1) is 19.2. The molecule has 0 amide bonds. The molecule has 7 nitrogen and oxygen atoms in total. The van der Waals surface area contributed by atoms with E-state index in [1.54, 1.807) is 16.7 Å². The molecule has 1 aromatic carbocycles. The smallest absolute Gasteiger partial charge is 0.422 e. The van der Waals surface area contributed by atoms with Crippen LogP contribution in [0.2, 0.25) is 0 Å². The Morgan fingerprint density at radius 3 is 2.56 bits per heavy atom. The predicted molar refractivity (Wildman–Crippen MR) is 95.0 cm³/mol.